The Kier molecular flexibility index (Phi) is 3.60. The highest BCUT2D eigenvalue weighted by Crippen LogP contribution is 2.32. The van der Waals surface area contributed by atoms with Crippen molar-refractivity contribution >= 4 is 23.1 Å². The van der Waals surface area contributed by atoms with Gasteiger partial charge >= 0.3 is 0 Å². The number of rotatable bonds is 2. The monoisotopic (exact) mass is 345 g/mol. The lowest BCUT2D eigenvalue weighted by Crippen LogP contribution is -2.05. The number of benzene rings is 2. The van der Waals surface area contributed by atoms with Crippen molar-refractivity contribution in [3.8, 4) is 28.5 Å². The first-order chi connectivity index (χ1) is 12.2. The van der Waals surface area contributed by atoms with Crippen LogP contribution in [0.15, 0.2) is 60.8 Å². The summed E-state index contributed by atoms with van der Waals surface area (Å²) in [5.74, 6) is 0.185. The Morgan fingerprint density at radius 1 is 1.00 bits per heavy atom. The van der Waals surface area contributed by atoms with E-state index in [9.17, 15) is 5.26 Å². The molecule has 0 amide bonds. The average Bonchev–Trinajstić information content (AvgIpc) is 3.05. The highest BCUT2D eigenvalue weighted by Gasteiger charge is 2.19. The van der Waals surface area contributed by atoms with Gasteiger partial charge in [-0.15, -0.1) is 0 Å². The number of nitrogen functional groups attached to an aromatic ring is 1. The second-order valence-electron chi connectivity index (χ2n) is 5.50. The SMILES string of the molecule is N#Cc1c(N)nc2c(-c3ccc(Cl)cc3)cnn2c1-c1ccccc1. The van der Waals surface area contributed by atoms with E-state index in [-0.39, 0.29) is 5.82 Å². The van der Waals surface area contributed by atoms with Crippen LogP contribution < -0.4 is 5.73 Å². The van der Waals surface area contributed by atoms with Gasteiger partial charge in [-0.3, -0.25) is 0 Å². The zero-order valence-electron chi connectivity index (χ0n) is 13.0. The number of halogens is 1. The van der Waals surface area contributed by atoms with Crippen LogP contribution >= 0.6 is 11.6 Å². The molecule has 2 aromatic carbocycles. The molecule has 5 nitrogen and oxygen atoms in total. The molecule has 6 heteroatoms. The Bertz CT molecular complexity index is 1110. The van der Waals surface area contributed by atoms with Crippen molar-refractivity contribution in [2.24, 2.45) is 0 Å². The lowest BCUT2D eigenvalue weighted by molar-refractivity contribution is 0.946. The van der Waals surface area contributed by atoms with Crippen LogP contribution in [0.25, 0.3) is 28.0 Å². The van der Waals surface area contributed by atoms with Crippen LogP contribution in [0, 0.1) is 11.3 Å². The van der Waals surface area contributed by atoms with E-state index in [4.69, 9.17) is 17.3 Å². The van der Waals surface area contributed by atoms with Crippen LogP contribution in [0.2, 0.25) is 5.02 Å². The van der Waals surface area contributed by atoms with Gasteiger partial charge in [-0.05, 0) is 17.7 Å². The van der Waals surface area contributed by atoms with Crippen molar-refractivity contribution in [3.63, 3.8) is 0 Å². The van der Waals surface area contributed by atoms with E-state index in [0.717, 1.165) is 16.7 Å². The summed E-state index contributed by atoms with van der Waals surface area (Å²) in [6.07, 6.45) is 1.72. The second kappa shape index (κ2) is 5.93. The molecule has 0 unspecified atom stereocenters. The first kappa shape index (κ1) is 15.2. The van der Waals surface area contributed by atoms with Crippen molar-refractivity contribution in [2.45, 2.75) is 0 Å². The zero-order chi connectivity index (χ0) is 17.4. The number of anilines is 1. The Labute approximate surface area is 148 Å². The molecule has 2 heterocycles. The summed E-state index contributed by atoms with van der Waals surface area (Å²) >= 11 is 5.97. The van der Waals surface area contributed by atoms with Crippen LogP contribution in [0.4, 0.5) is 5.82 Å². The Morgan fingerprint density at radius 3 is 2.40 bits per heavy atom. The number of hydrogen-bond donors (Lipinski definition) is 1. The molecule has 0 fully saturated rings. The third kappa shape index (κ3) is 2.49. The van der Waals surface area contributed by atoms with Gasteiger partial charge in [0.05, 0.1) is 11.9 Å². The maximum atomic E-state index is 9.55. The molecule has 4 rings (SSSR count). The lowest BCUT2D eigenvalue weighted by Gasteiger charge is -2.10. The van der Waals surface area contributed by atoms with E-state index < -0.39 is 0 Å². The van der Waals surface area contributed by atoms with Gasteiger partial charge in [0, 0.05) is 16.1 Å². The largest absolute Gasteiger partial charge is 0.382 e. The fourth-order valence-corrected chi connectivity index (χ4v) is 2.94. The number of nitriles is 1. The summed E-state index contributed by atoms with van der Waals surface area (Å²) in [6.45, 7) is 0. The molecule has 0 aliphatic heterocycles. The van der Waals surface area contributed by atoms with Crippen molar-refractivity contribution in [1.29, 1.82) is 5.26 Å². The van der Waals surface area contributed by atoms with Crippen molar-refractivity contribution in [2.75, 3.05) is 5.73 Å². The van der Waals surface area contributed by atoms with Crippen LogP contribution in [0.3, 0.4) is 0 Å². The van der Waals surface area contributed by atoms with Gasteiger partial charge in [0.1, 0.15) is 17.5 Å². The number of nitrogens with two attached hydrogens (primary N) is 1. The van der Waals surface area contributed by atoms with E-state index in [1.54, 1.807) is 10.7 Å². The van der Waals surface area contributed by atoms with Crippen molar-refractivity contribution in [3.05, 3.63) is 71.4 Å². The molecule has 0 radical (unpaired) electrons. The third-order valence-electron chi connectivity index (χ3n) is 3.99. The Balaban J connectivity index is 2.05. The molecule has 0 saturated heterocycles. The molecule has 0 bridgehead atoms. The second-order valence-corrected chi connectivity index (χ2v) is 5.94. The standard InChI is InChI=1S/C19H12ClN5/c20-14-8-6-12(7-9-14)16-11-23-25-17(13-4-2-1-3-5-13)15(10-21)18(22)24-19(16)25/h1-9,11H,(H2,22,24). The first-order valence-corrected chi connectivity index (χ1v) is 7.95. The van der Waals surface area contributed by atoms with Gasteiger partial charge in [0.15, 0.2) is 5.65 Å². The van der Waals surface area contributed by atoms with Gasteiger partial charge in [0.25, 0.3) is 0 Å². The molecule has 0 atom stereocenters. The highest BCUT2D eigenvalue weighted by atomic mass is 35.5. The van der Waals surface area contributed by atoms with Crippen LogP contribution in [0.1, 0.15) is 5.56 Å². The van der Waals surface area contributed by atoms with E-state index in [0.29, 0.717) is 21.9 Å². The number of hydrogen-bond acceptors (Lipinski definition) is 4. The Hall–Kier alpha value is -3.36. The lowest BCUT2D eigenvalue weighted by atomic mass is 10.1. The van der Waals surface area contributed by atoms with E-state index in [2.05, 4.69) is 16.2 Å². The number of aromatic nitrogens is 3. The van der Waals surface area contributed by atoms with Gasteiger partial charge in [-0.25, -0.2) is 9.50 Å². The summed E-state index contributed by atoms with van der Waals surface area (Å²) < 4.78 is 1.66. The molecule has 4 aromatic rings. The molecular formula is C19H12ClN5. The number of fused-ring (bicyclic) bond motifs is 1. The minimum atomic E-state index is 0.185. The summed E-state index contributed by atoms with van der Waals surface area (Å²) in [5.41, 5.74) is 10.2. The van der Waals surface area contributed by atoms with Gasteiger partial charge in [-0.2, -0.15) is 10.4 Å². The van der Waals surface area contributed by atoms with Crippen LogP contribution in [-0.2, 0) is 0 Å². The summed E-state index contributed by atoms with van der Waals surface area (Å²) in [6, 6.07) is 19.1. The van der Waals surface area contributed by atoms with Crippen molar-refractivity contribution < 1.29 is 0 Å². The molecule has 2 N–H and O–H groups in total. The predicted molar refractivity (Wildman–Crippen MR) is 98.0 cm³/mol. The van der Waals surface area contributed by atoms with E-state index in [1.165, 1.54) is 0 Å². The minimum absolute atomic E-state index is 0.185. The third-order valence-corrected chi connectivity index (χ3v) is 4.24. The molecule has 0 aliphatic carbocycles. The Morgan fingerprint density at radius 2 is 1.72 bits per heavy atom. The summed E-state index contributed by atoms with van der Waals surface area (Å²) in [7, 11) is 0. The smallest absolute Gasteiger partial charge is 0.165 e. The predicted octanol–water partition coefficient (Wildman–Crippen LogP) is 4.17. The fourth-order valence-electron chi connectivity index (χ4n) is 2.82. The summed E-state index contributed by atoms with van der Waals surface area (Å²) in [4.78, 5) is 4.41. The maximum absolute atomic E-state index is 9.55. The molecular weight excluding hydrogens is 334 g/mol. The number of nitrogens with zero attached hydrogens (tertiary/aromatic N) is 4. The zero-order valence-corrected chi connectivity index (χ0v) is 13.8. The molecule has 120 valence electrons. The summed E-state index contributed by atoms with van der Waals surface area (Å²) in [5, 5.41) is 14.7. The first-order valence-electron chi connectivity index (χ1n) is 7.57. The van der Waals surface area contributed by atoms with Gasteiger partial charge in [0.2, 0.25) is 0 Å². The van der Waals surface area contributed by atoms with Gasteiger partial charge in [-0.1, -0.05) is 54.1 Å². The van der Waals surface area contributed by atoms with E-state index in [1.807, 2.05) is 54.6 Å². The molecule has 0 saturated carbocycles. The fraction of sp³-hybridized carbons (Fsp3) is 0. The minimum Gasteiger partial charge on any atom is -0.382 e. The highest BCUT2D eigenvalue weighted by molar-refractivity contribution is 6.30. The quantitative estimate of drug-likeness (QED) is 0.591. The average molecular weight is 346 g/mol. The maximum Gasteiger partial charge on any atom is 0.165 e. The van der Waals surface area contributed by atoms with Gasteiger partial charge < -0.3 is 5.73 Å². The van der Waals surface area contributed by atoms with Crippen molar-refractivity contribution in [1.82, 2.24) is 14.6 Å². The van der Waals surface area contributed by atoms with Crippen LogP contribution in [0.5, 0.6) is 0 Å². The topological polar surface area (TPSA) is 80.0 Å². The molecule has 2 aromatic heterocycles. The molecule has 0 spiro atoms. The van der Waals surface area contributed by atoms with E-state index >= 15 is 0 Å². The normalized spacial score (nSPS) is 10.7. The molecule has 0 aliphatic rings. The van der Waals surface area contributed by atoms with Crippen LogP contribution in [-0.4, -0.2) is 14.6 Å². The molecule has 25 heavy (non-hydrogen) atoms.